The molecular formula is C44H63N3O8S2. The number of Topliss-reactive ketones (excluding diaryl/α,β-unsaturated/α-hetero) is 5. The molecule has 3 amide bonds. The van der Waals surface area contributed by atoms with Crippen LogP contribution in [0.4, 0.5) is 0 Å². The maximum absolute atomic E-state index is 14.9. The van der Waals surface area contributed by atoms with E-state index in [0.29, 0.717) is 37.8 Å². The average molecular weight is 826 g/mol. The molecule has 13 heteroatoms. The monoisotopic (exact) mass is 825 g/mol. The van der Waals surface area contributed by atoms with Crippen molar-refractivity contribution in [1.29, 1.82) is 0 Å². The molecule has 3 fully saturated rings. The molecule has 1 aromatic carbocycles. The summed E-state index contributed by atoms with van der Waals surface area (Å²) in [5, 5.41) is 5.49. The van der Waals surface area contributed by atoms with Gasteiger partial charge in [0.25, 0.3) is 0 Å². The van der Waals surface area contributed by atoms with Gasteiger partial charge in [0.1, 0.15) is 6.04 Å². The molecule has 2 heterocycles. The number of rotatable bonds is 21. The van der Waals surface area contributed by atoms with Gasteiger partial charge in [0.15, 0.2) is 23.1 Å². The molecule has 11 nitrogen and oxygen atoms in total. The SMILES string of the molecule is CCCC(CC(=O)[C@@H]1CC2(CN1C(=O)[C@@H](CC(=O)[C@H](CC(C)C)NC(C)=O)C1CCCCC1)SCCCS2)C(=O)C(=O)CCC(=O)N[C@H](C(C)=O)c1ccccc1. The summed E-state index contributed by atoms with van der Waals surface area (Å²) in [4.78, 5) is 109. The van der Waals surface area contributed by atoms with E-state index in [1.165, 1.54) is 13.8 Å². The summed E-state index contributed by atoms with van der Waals surface area (Å²) in [5.41, 5.74) is 0.616. The zero-order valence-electron chi connectivity index (χ0n) is 34.5. The highest BCUT2D eigenvalue weighted by Gasteiger charge is 2.52. The van der Waals surface area contributed by atoms with Crippen molar-refractivity contribution in [1.82, 2.24) is 15.5 Å². The Labute approximate surface area is 347 Å². The van der Waals surface area contributed by atoms with Crippen LogP contribution in [0.3, 0.4) is 0 Å². The van der Waals surface area contributed by atoms with E-state index in [-0.39, 0.29) is 70.8 Å². The molecule has 314 valence electrons. The molecule has 3 aliphatic rings. The number of hydrogen-bond donors (Lipinski definition) is 2. The van der Waals surface area contributed by atoms with Crippen LogP contribution in [-0.2, 0) is 38.4 Å². The van der Waals surface area contributed by atoms with Gasteiger partial charge in [-0.05, 0) is 67.9 Å². The number of ketones is 5. The van der Waals surface area contributed by atoms with E-state index in [0.717, 1.165) is 50.0 Å². The molecule has 1 saturated carbocycles. The first kappa shape index (κ1) is 46.4. The van der Waals surface area contributed by atoms with Gasteiger partial charge in [-0.25, -0.2) is 0 Å². The highest BCUT2D eigenvalue weighted by Crippen LogP contribution is 2.51. The fourth-order valence-electron chi connectivity index (χ4n) is 8.67. The molecule has 2 N–H and O–H groups in total. The van der Waals surface area contributed by atoms with Crippen molar-refractivity contribution in [3.05, 3.63) is 35.9 Å². The first-order valence-corrected chi connectivity index (χ1v) is 22.9. The van der Waals surface area contributed by atoms with Gasteiger partial charge in [0, 0.05) is 57.4 Å². The molecular weight excluding hydrogens is 763 g/mol. The summed E-state index contributed by atoms with van der Waals surface area (Å²) in [5.74, 6) is -2.74. The Morgan fingerprint density at radius 2 is 1.53 bits per heavy atom. The topological polar surface area (TPSA) is 164 Å². The molecule has 1 unspecified atom stereocenters. The molecule has 2 aliphatic heterocycles. The van der Waals surface area contributed by atoms with Gasteiger partial charge in [-0.2, -0.15) is 0 Å². The van der Waals surface area contributed by atoms with Crippen LogP contribution in [0.5, 0.6) is 0 Å². The average Bonchev–Trinajstić information content (AvgIpc) is 3.55. The summed E-state index contributed by atoms with van der Waals surface area (Å²) in [6.07, 6.45) is 6.55. The zero-order valence-corrected chi connectivity index (χ0v) is 36.1. The number of thioether (sulfide) groups is 2. The minimum Gasteiger partial charge on any atom is -0.347 e. The molecule has 4 rings (SSSR count). The molecule has 1 aromatic rings. The van der Waals surface area contributed by atoms with E-state index in [9.17, 15) is 38.4 Å². The normalized spacial score (nSPS) is 20.3. The van der Waals surface area contributed by atoms with Crippen LogP contribution in [-0.4, -0.2) is 85.8 Å². The largest absolute Gasteiger partial charge is 0.347 e. The van der Waals surface area contributed by atoms with Gasteiger partial charge < -0.3 is 15.5 Å². The maximum Gasteiger partial charge on any atom is 0.227 e. The minimum atomic E-state index is -0.891. The third kappa shape index (κ3) is 13.3. The van der Waals surface area contributed by atoms with Gasteiger partial charge in [-0.1, -0.05) is 76.8 Å². The van der Waals surface area contributed by atoms with Crippen LogP contribution >= 0.6 is 23.5 Å². The van der Waals surface area contributed by atoms with Crippen LogP contribution in [0.2, 0.25) is 0 Å². The zero-order chi connectivity index (χ0) is 41.7. The van der Waals surface area contributed by atoms with Crippen molar-refractivity contribution in [2.45, 2.75) is 147 Å². The predicted molar refractivity (Wildman–Crippen MR) is 224 cm³/mol. The van der Waals surface area contributed by atoms with E-state index < -0.39 is 47.4 Å². The summed E-state index contributed by atoms with van der Waals surface area (Å²) >= 11 is 3.54. The first-order valence-electron chi connectivity index (χ1n) is 21.0. The highest BCUT2D eigenvalue weighted by atomic mass is 32.2. The van der Waals surface area contributed by atoms with Gasteiger partial charge in [-0.15, -0.1) is 23.5 Å². The lowest BCUT2D eigenvalue weighted by molar-refractivity contribution is -0.146. The van der Waals surface area contributed by atoms with Gasteiger partial charge in [0.2, 0.25) is 23.5 Å². The predicted octanol–water partition coefficient (Wildman–Crippen LogP) is 6.60. The minimum absolute atomic E-state index is 0.0105. The summed E-state index contributed by atoms with van der Waals surface area (Å²) in [7, 11) is 0. The van der Waals surface area contributed by atoms with Crippen molar-refractivity contribution in [2.24, 2.45) is 23.7 Å². The number of carbonyl (C=O) groups excluding carboxylic acids is 8. The lowest BCUT2D eigenvalue weighted by Gasteiger charge is -2.36. The molecule has 0 radical (unpaired) electrons. The summed E-state index contributed by atoms with van der Waals surface area (Å²) < 4.78 is -0.378. The first-order chi connectivity index (χ1) is 27.1. The molecule has 1 aliphatic carbocycles. The lowest BCUT2D eigenvalue weighted by atomic mass is 9.76. The molecule has 57 heavy (non-hydrogen) atoms. The summed E-state index contributed by atoms with van der Waals surface area (Å²) in [6, 6.07) is 6.42. The van der Waals surface area contributed by atoms with Crippen molar-refractivity contribution in [2.75, 3.05) is 18.1 Å². The third-order valence-corrected chi connectivity index (χ3v) is 14.9. The number of amides is 3. The Hall–Kier alpha value is -3.32. The van der Waals surface area contributed by atoms with E-state index in [1.54, 1.807) is 58.8 Å². The number of hydrogen-bond acceptors (Lipinski definition) is 10. The van der Waals surface area contributed by atoms with Crippen LogP contribution < -0.4 is 10.6 Å². The van der Waals surface area contributed by atoms with Crippen molar-refractivity contribution < 1.29 is 38.4 Å². The van der Waals surface area contributed by atoms with Crippen molar-refractivity contribution in [3.8, 4) is 0 Å². The Morgan fingerprint density at radius 3 is 2.12 bits per heavy atom. The Kier molecular flexibility index (Phi) is 18.0. The van der Waals surface area contributed by atoms with Crippen LogP contribution in [0.25, 0.3) is 0 Å². The highest BCUT2D eigenvalue weighted by molar-refractivity contribution is 8.18. The van der Waals surface area contributed by atoms with E-state index in [1.807, 2.05) is 20.8 Å². The third-order valence-electron chi connectivity index (χ3n) is 11.6. The second-order valence-electron chi connectivity index (χ2n) is 16.7. The molecule has 1 spiro atoms. The van der Waals surface area contributed by atoms with Gasteiger partial charge >= 0.3 is 0 Å². The molecule has 0 bridgehead atoms. The number of nitrogens with one attached hydrogen (secondary N) is 2. The number of likely N-dealkylation sites (tertiary alicyclic amines) is 1. The molecule has 5 atom stereocenters. The van der Waals surface area contributed by atoms with Crippen molar-refractivity contribution >= 4 is 70.2 Å². The van der Waals surface area contributed by atoms with E-state index in [2.05, 4.69) is 10.6 Å². The van der Waals surface area contributed by atoms with E-state index in [4.69, 9.17) is 0 Å². The summed E-state index contributed by atoms with van der Waals surface area (Å²) in [6.45, 7) is 8.99. The van der Waals surface area contributed by atoms with Crippen LogP contribution in [0.1, 0.15) is 136 Å². The quantitative estimate of drug-likeness (QED) is 0.129. The maximum atomic E-state index is 14.9. The second kappa shape index (κ2) is 22.2. The van der Waals surface area contributed by atoms with Crippen LogP contribution in [0, 0.1) is 23.7 Å². The standard InChI is InChI=1S/C44H63N3O8S2/c1-6-14-33(42(54)37(50)19-20-40(53)46-41(29(4)48)32-17-11-8-12-18-32)24-39(52)36-26-44(56-21-13-22-57-44)27-47(36)43(55)34(31-15-9-7-10-16-31)25-38(51)35(23-28(2)3)45-30(5)49/h8,11-12,17-18,28,31,33-36,41H,6-7,9-10,13-16,19-27H2,1-5H3,(H,45,49)(H,46,53)/t33?,34-,35-,36-,41+/m0/s1. The Balaban J connectivity index is 1.52. The van der Waals surface area contributed by atoms with Gasteiger partial charge in [-0.3, -0.25) is 38.4 Å². The lowest BCUT2D eigenvalue weighted by Crippen LogP contribution is -2.48. The Bertz CT molecular complexity index is 1610. The van der Waals surface area contributed by atoms with E-state index >= 15 is 0 Å². The van der Waals surface area contributed by atoms with Crippen molar-refractivity contribution in [3.63, 3.8) is 0 Å². The smallest absolute Gasteiger partial charge is 0.227 e. The number of carbonyl (C=O) groups is 8. The fraction of sp³-hybridized carbons (Fsp3) is 0.682. The Morgan fingerprint density at radius 1 is 0.860 bits per heavy atom. The van der Waals surface area contributed by atoms with Crippen LogP contribution in [0.15, 0.2) is 30.3 Å². The number of benzene rings is 1. The van der Waals surface area contributed by atoms with Gasteiger partial charge in [0.05, 0.1) is 16.2 Å². The fourth-order valence-corrected chi connectivity index (χ4v) is 12.0. The second-order valence-corrected chi connectivity index (χ2v) is 19.9. The molecule has 2 saturated heterocycles. The molecule has 0 aromatic heterocycles. The number of nitrogens with zero attached hydrogens (tertiary/aromatic N) is 1.